The second kappa shape index (κ2) is 11.7. The van der Waals surface area contributed by atoms with Gasteiger partial charge in [-0.05, 0) is 56.5 Å². The summed E-state index contributed by atoms with van der Waals surface area (Å²) in [6, 6.07) is 13.5. The van der Waals surface area contributed by atoms with Crippen molar-refractivity contribution in [1.29, 1.82) is 0 Å². The van der Waals surface area contributed by atoms with Crippen LogP contribution in [-0.2, 0) is 14.3 Å². The molecule has 2 aromatic rings. The van der Waals surface area contributed by atoms with Crippen molar-refractivity contribution in [2.75, 3.05) is 26.9 Å². The van der Waals surface area contributed by atoms with Gasteiger partial charge in [0.15, 0.2) is 0 Å². The van der Waals surface area contributed by atoms with Crippen LogP contribution in [0.3, 0.4) is 0 Å². The highest BCUT2D eigenvalue weighted by molar-refractivity contribution is 6.46. The number of likely N-dealkylation sites (tertiary alicyclic amines) is 1. The molecule has 2 aromatic carbocycles. The quantitative estimate of drug-likeness (QED) is 0.223. The highest BCUT2D eigenvalue weighted by Crippen LogP contribution is 2.40. The number of amides is 1. The van der Waals surface area contributed by atoms with Crippen molar-refractivity contribution in [2.45, 2.75) is 45.8 Å². The minimum atomic E-state index is -0.717. The molecule has 1 fully saturated rings. The van der Waals surface area contributed by atoms with Crippen molar-refractivity contribution < 1.29 is 28.9 Å². The summed E-state index contributed by atoms with van der Waals surface area (Å²) in [7, 11) is 1.59. The maximum Gasteiger partial charge on any atom is 0.295 e. The molecule has 1 unspecified atom stereocenters. The van der Waals surface area contributed by atoms with Crippen LogP contribution >= 0.6 is 0 Å². The van der Waals surface area contributed by atoms with Gasteiger partial charge in [-0.3, -0.25) is 9.59 Å². The lowest BCUT2D eigenvalue weighted by Crippen LogP contribution is -2.31. The minimum absolute atomic E-state index is 0.0210. The highest BCUT2D eigenvalue weighted by atomic mass is 16.5. The third kappa shape index (κ3) is 5.78. The third-order valence-electron chi connectivity index (χ3n) is 5.44. The topological polar surface area (TPSA) is 85.3 Å². The van der Waals surface area contributed by atoms with Crippen LogP contribution in [0.15, 0.2) is 54.1 Å². The minimum Gasteiger partial charge on any atom is -0.507 e. The molecule has 0 spiro atoms. The van der Waals surface area contributed by atoms with E-state index >= 15 is 0 Å². The lowest BCUT2D eigenvalue weighted by Gasteiger charge is -2.25. The fourth-order valence-corrected chi connectivity index (χ4v) is 3.95. The molecule has 0 bridgehead atoms. The Morgan fingerprint density at radius 3 is 2.44 bits per heavy atom. The normalized spacial score (nSPS) is 17.4. The number of benzene rings is 2. The Balaban J connectivity index is 2.05. The van der Waals surface area contributed by atoms with Gasteiger partial charge in [0.1, 0.15) is 17.3 Å². The van der Waals surface area contributed by atoms with E-state index in [1.807, 2.05) is 45.0 Å². The van der Waals surface area contributed by atoms with Gasteiger partial charge in [-0.1, -0.05) is 31.2 Å². The molecule has 1 aliphatic heterocycles. The number of ether oxygens (including phenoxy) is 3. The number of aliphatic hydroxyl groups excluding tert-OH is 1. The molecule has 3 rings (SSSR count). The van der Waals surface area contributed by atoms with Crippen LogP contribution in [0.1, 0.15) is 50.8 Å². The first-order valence-electron chi connectivity index (χ1n) is 11.6. The van der Waals surface area contributed by atoms with Crippen LogP contribution in [-0.4, -0.2) is 54.7 Å². The van der Waals surface area contributed by atoms with Crippen molar-refractivity contribution in [3.05, 3.63) is 65.2 Å². The first-order valence-corrected chi connectivity index (χ1v) is 11.6. The van der Waals surface area contributed by atoms with Crippen molar-refractivity contribution in [1.82, 2.24) is 4.90 Å². The van der Waals surface area contributed by atoms with E-state index in [0.29, 0.717) is 48.8 Å². The molecule has 1 atom stereocenters. The molecule has 1 heterocycles. The SMILES string of the molecule is CCCOc1cccc(/C(O)=C2/C(=O)C(=O)N(CCCOC)C2c2ccc(OC(C)C)cc2)c1. The van der Waals surface area contributed by atoms with E-state index in [4.69, 9.17) is 14.2 Å². The molecule has 182 valence electrons. The second-order valence-electron chi connectivity index (χ2n) is 8.45. The van der Waals surface area contributed by atoms with Crippen LogP contribution in [0, 0.1) is 0 Å². The number of hydrogen-bond acceptors (Lipinski definition) is 6. The summed E-state index contributed by atoms with van der Waals surface area (Å²) in [6.07, 6.45) is 1.43. The molecule has 1 aliphatic rings. The lowest BCUT2D eigenvalue weighted by molar-refractivity contribution is -0.140. The molecule has 0 saturated carbocycles. The number of carbonyl (C=O) groups excluding carboxylic acids is 2. The van der Waals surface area contributed by atoms with Crippen molar-refractivity contribution in [3.63, 3.8) is 0 Å². The molecule has 1 saturated heterocycles. The highest BCUT2D eigenvalue weighted by Gasteiger charge is 2.45. The Labute approximate surface area is 200 Å². The van der Waals surface area contributed by atoms with Crippen LogP contribution in [0.25, 0.3) is 5.76 Å². The fourth-order valence-electron chi connectivity index (χ4n) is 3.95. The average molecular weight is 468 g/mol. The van der Waals surface area contributed by atoms with Gasteiger partial charge in [-0.25, -0.2) is 0 Å². The molecular formula is C27H33NO6. The fraction of sp³-hybridized carbons (Fsp3) is 0.407. The van der Waals surface area contributed by atoms with Crippen LogP contribution < -0.4 is 9.47 Å². The number of ketones is 1. The average Bonchev–Trinajstić information content (AvgIpc) is 3.08. The first-order chi connectivity index (χ1) is 16.4. The largest absolute Gasteiger partial charge is 0.507 e. The molecule has 1 N–H and O–H groups in total. The number of hydrogen-bond donors (Lipinski definition) is 1. The van der Waals surface area contributed by atoms with Gasteiger partial charge < -0.3 is 24.2 Å². The molecule has 0 aliphatic carbocycles. The van der Waals surface area contributed by atoms with Gasteiger partial charge in [-0.15, -0.1) is 0 Å². The maximum absolute atomic E-state index is 13.1. The summed E-state index contributed by atoms with van der Waals surface area (Å²) in [6.45, 7) is 7.21. The van der Waals surface area contributed by atoms with E-state index < -0.39 is 17.7 Å². The van der Waals surface area contributed by atoms with Crippen LogP contribution in [0.4, 0.5) is 0 Å². The standard InChI is InChI=1S/C27H33NO6/c1-5-15-33-22-9-6-8-20(17-22)25(29)23-24(19-10-12-21(13-11-19)34-18(2)3)28(14-7-16-32-4)27(31)26(23)30/h6,8-13,17-18,24,29H,5,7,14-16H2,1-4H3/b25-23-. The van der Waals surface area contributed by atoms with Gasteiger partial charge in [-0.2, -0.15) is 0 Å². The van der Waals surface area contributed by atoms with Gasteiger partial charge in [0.2, 0.25) is 0 Å². The van der Waals surface area contributed by atoms with Gasteiger partial charge >= 0.3 is 0 Å². The smallest absolute Gasteiger partial charge is 0.295 e. The molecule has 34 heavy (non-hydrogen) atoms. The Morgan fingerprint density at radius 1 is 1.06 bits per heavy atom. The van der Waals surface area contributed by atoms with Crippen molar-refractivity contribution in [2.24, 2.45) is 0 Å². The predicted molar refractivity (Wildman–Crippen MR) is 130 cm³/mol. The third-order valence-corrected chi connectivity index (χ3v) is 5.44. The molecular weight excluding hydrogens is 434 g/mol. The van der Waals surface area contributed by atoms with E-state index in [1.165, 1.54) is 4.90 Å². The van der Waals surface area contributed by atoms with E-state index in [-0.39, 0.29) is 17.4 Å². The molecule has 7 nitrogen and oxygen atoms in total. The Hall–Kier alpha value is -3.32. The summed E-state index contributed by atoms with van der Waals surface area (Å²) < 4.78 is 16.5. The predicted octanol–water partition coefficient (Wildman–Crippen LogP) is 4.72. The summed E-state index contributed by atoms with van der Waals surface area (Å²) in [5.74, 6) is -0.282. The number of Topliss-reactive ketones (excluding diaryl/α,β-unsaturated/α-hetero) is 1. The van der Waals surface area contributed by atoms with Crippen LogP contribution in [0.5, 0.6) is 11.5 Å². The zero-order chi connectivity index (χ0) is 24.7. The van der Waals surface area contributed by atoms with Crippen molar-refractivity contribution in [3.8, 4) is 11.5 Å². The molecule has 0 aromatic heterocycles. The van der Waals surface area contributed by atoms with E-state index in [2.05, 4.69) is 0 Å². The van der Waals surface area contributed by atoms with Crippen LogP contribution in [0.2, 0.25) is 0 Å². The monoisotopic (exact) mass is 467 g/mol. The van der Waals surface area contributed by atoms with E-state index in [0.717, 1.165) is 6.42 Å². The van der Waals surface area contributed by atoms with E-state index in [9.17, 15) is 14.7 Å². The summed E-state index contributed by atoms with van der Waals surface area (Å²) in [5.41, 5.74) is 1.20. The Bertz CT molecular complexity index is 1030. The first kappa shape index (κ1) is 25.3. The zero-order valence-electron chi connectivity index (χ0n) is 20.2. The summed E-state index contributed by atoms with van der Waals surface area (Å²) in [5, 5.41) is 11.2. The number of aliphatic hydroxyl groups is 1. The zero-order valence-corrected chi connectivity index (χ0v) is 20.2. The number of rotatable bonds is 11. The summed E-state index contributed by atoms with van der Waals surface area (Å²) >= 11 is 0. The second-order valence-corrected chi connectivity index (χ2v) is 8.45. The number of nitrogens with zero attached hydrogens (tertiary/aromatic N) is 1. The molecule has 7 heteroatoms. The maximum atomic E-state index is 13.1. The number of methoxy groups -OCH3 is 1. The number of carbonyl (C=O) groups is 2. The van der Waals surface area contributed by atoms with E-state index in [1.54, 1.807) is 31.4 Å². The molecule has 0 radical (unpaired) electrons. The van der Waals surface area contributed by atoms with Gasteiger partial charge in [0, 0.05) is 25.8 Å². The molecule has 1 amide bonds. The summed E-state index contributed by atoms with van der Waals surface area (Å²) in [4.78, 5) is 27.6. The van der Waals surface area contributed by atoms with Crippen molar-refractivity contribution >= 4 is 17.4 Å². The van der Waals surface area contributed by atoms with Gasteiger partial charge in [0.25, 0.3) is 11.7 Å². The van der Waals surface area contributed by atoms with Gasteiger partial charge in [0.05, 0.1) is 24.3 Å². The Kier molecular flexibility index (Phi) is 8.71. The Morgan fingerprint density at radius 2 is 1.79 bits per heavy atom. The lowest BCUT2D eigenvalue weighted by atomic mass is 9.95.